The largest absolute Gasteiger partial charge is 0.494 e. The molecule has 1 aromatic heterocycles. The Kier molecular flexibility index (Phi) is 7.36. The lowest BCUT2D eigenvalue weighted by Crippen LogP contribution is -2.43. The minimum atomic E-state index is -0.896. The van der Waals surface area contributed by atoms with E-state index in [0.29, 0.717) is 17.9 Å². The highest BCUT2D eigenvalue weighted by Crippen LogP contribution is 2.37. The van der Waals surface area contributed by atoms with Crippen molar-refractivity contribution in [2.24, 2.45) is 0 Å². The van der Waals surface area contributed by atoms with Gasteiger partial charge in [0.25, 0.3) is 5.91 Å². The average Bonchev–Trinajstić information content (AvgIpc) is 3.71. The first-order valence-corrected chi connectivity index (χ1v) is 14.4. The van der Waals surface area contributed by atoms with Crippen LogP contribution in [0.3, 0.4) is 0 Å². The predicted molar refractivity (Wildman–Crippen MR) is 166 cm³/mol. The van der Waals surface area contributed by atoms with Crippen molar-refractivity contribution in [3.63, 3.8) is 0 Å². The van der Waals surface area contributed by atoms with Gasteiger partial charge in [-0.15, -0.1) is 0 Å². The third-order valence-electron chi connectivity index (χ3n) is 8.62. The number of amides is 2. The standard InChI is InChI=1S/C33H35BN4O5/c1-32(2)33(3,4)43-34(42-32)24-16-13-21(14-17-24)23-15-18-25-26(20-23)36-29(35-25)27-12-9-19-38(27)30(39)28(37-31(40)41-5)22-10-7-6-8-11-22/h6-18,20,27-28H,19H2,1-5H3,(H,35,36)(H,37,40)/t27?,28-/m1/s1. The Balaban J connectivity index is 1.23. The zero-order chi connectivity index (χ0) is 30.4. The van der Waals surface area contributed by atoms with Gasteiger partial charge in [0.05, 0.1) is 29.3 Å². The predicted octanol–water partition coefficient (Wildman–Crippen LogP) is 5.07. The van der Waals surface area contributed by atoms with Crippen molar-refractivity contribution in [1.29, 1.82) is 0 Å². The molecule has 9 nitrogen and oxygen atoms in total. The summed E-state index contributed by atoms with van der Waals surface area (Å²) in [6.07, 6.45) is 3.21. The molecule has 43 heavy (non-hydrogen) atoms. The topological polar surface area (TPSA) is 106 Å². The van der Waals surface area contributed by atoms with Crippen molar-refractivity contribution in [3.8, 4) is 11.1 Å². The summed E-state index contributed by atoms with van der Waals surface area (Å²) >= 11 is 0. The van der Waals surface area contributed by atoms with Crippen LogP contribution in [0.4, 0.5) is 4.79 Å². The van der Waals surface area contributed by atoms with Gasteiger partial charge in [-0.1, -0.05) is 72.8 Å². The van der Waals surface area contributed by atoms with Crippen LogP contribution < -0.4 is 10.8 Å². The van der Waals surface area contributed by atoms with Gasteiger partial charge in [-0.05, 0) is 62.0 Å². The number of ether oxygens (including phenoxy) is 1. The van der Waals surface area contributed by atoms with Crippen molar-refractivity contribution in [3.05, 3.63) is 96.3 Å². The highest BCUT2D eigenvalue weighted by molar-refractivity contribution is 6.62. The number of nitrogens with one attached hydrogen (secondary N) is 2. The van der Waals surface area contributed by atoms with Crippen LogP contribution >= 0.6 is 0 Å². The number of aromatic nitrogens is 2. The van der Waals surface area contributed by atoms with Gasteiger partial charge >= 0.3 is 13.2 Å². The lowest BCUT2D eigenvalue weighted by atomic mass is 9.78. The maximum absolute atomic E-state index is 13.8. The van der Waals surface area contributed by atoms with E-state index >= 15 is 0 Å². The molecule has 2 amide bonds. The Hall–Kier alpha value is -4.41. The van der Waals surface area contributed by atoms with E-state index in [0.717, 1.165) is 27.6 Å². The maximum Gasteiger partial charge on any atom is 0.494 e. The molecule has 1 fully saturated rings. The maximum atomic E-state index is 13.8. The number of nitrogens with zero attached hydrogens (tertiary/aromatic N) is 2. The highest BCUT2D eigenvalue weighted by atomic mass is 16.7. The quantitative estimate of drug-likeness (QED) is 0.245. The Bertz CT molecular complexity index is 1670. The highest BCUT2D eigenvalue weighted by Gasteiger charge is 2.51. The normalized spacial score (nSPS) is 19.5. The summed E-state index contributed by atoms with van der Waals surface area (Å²) in [4.78, 5) is 35.8. The van der Waals surface area contributed by atoms with Gasteiger partial charge in [-0.2, -0.15) is 0 Å². The molecule has 3 heterocycles. The smallest absolute Gasteiger partial charge is 0.453 e. The van der Waals surface area contributed by atoms with Crippen LogP contribution in [0.2, 0.25) is 0 Å². The third-order valence-corrected chi connectivity index (χ3v) is 8.62. The summed E-state index contributed by atoms with van der Waals surface area (Å²) in [5.41, 5.74) is 4.60. The monoisotopic (exact) mass is 578 g/mol. The van der Waals surface area contributed by atoms with E-state index in [-0.39, 0.29) is 5.91 Å². The van der Waals surface area contributed by atoms with Crippen LogP contribution in [0.1, 0.15) is 51.2 Å². The van der Waals surface area contributed by atoms with Crippen LogP contribution in [0.25, 0.3) is 22.2 Å². The van der Waals surface area contributed by atoms with Gasteiger partial charge < -0.3 is 29.2 Å². The minimum absolute atomic E-state index is 0.255. The number of methoxy groups -OCH3 is 1. The second-order valence-electron chi connectivity index (χ2n) is 11.9. The first kappa shape index (κ1) is 28.7. The summed E-state index contributed by atoms with van der Waals surface area (Å²) in [5.74, 6) is 0.394. The molecule has 4 aromatic rings. The number of hydrogen-bond donors (Lipinski definition) is 2. The van der Waals surface area contributed by atoms with Gasteiger partial charge in [-0.25, -0.2) is 9.78 Å². The van der Waals surface area contributed by atoms with Crippen molar-refractivity contribution < 1.29 is 23.6 Å². The molecule has 0 aliphatic carbocycles. The number of fused-ring (bicyclic) bond motifs is 1. The molecule has 2 N–H and O–H groups in total. The molecule has 10 heteroatoms. The van der Waals surface area contributed by atoms with E-state index in [2.05, 4.69) is 28.5 Å². The van der Waals surface area contributed by atoms with Gasteiger partial charge in [0.1, 0.15) is 17.9 Å². The van der Waals surface area contributed by atoms with Gasteiger partial charge in [0, 0.05) is 6.54 Å². The molecule has 6 rings (SSSR count). The fourth-order valence-corrected chi connectivity index (χ4v) is 5.42. The van der Waals surface area contributed by atoms with Crippen molar-refractivity contribution in [2.75, 3.05) is 13.7 Å². The summed E-state index contributed by atoms with van der Waals surface area (Å²) in [6.45, 7) is 8.59. The molecule has 3 aromatic carbocycles. The Morgan fingerprint density at radius 2 is 1.67 bits per heavy atom. The second-order valence-corrected chi connectivity index (χ2v) is 11.9. The molecule has 2 atom stereocenters. The van der Waals surface area contributed by atoms with E-state index in [1.165, 1.54) is 7.11 Å². The molecule has 2 aliphatic rings. The number of alkyl carbamates (subject to hydrolysis) is 1. The third kappa shape index (κ3) is 5.44. The van der Waals surface area contributed by atoms with Gasteiger partial charge in [0.2, 0.25) is 0 Å². The number of H-pyrrole nitrogens is 1. The second kappa shape index (κ2) is 11.0. The lowest BCUT2D eigenvalue weighted by Gasteiger charge is -2.32. The van der Waals surface area contributed by atoms with E-state index in [1.807, 2.05) is 94.4 Å². The van der Waals surface area contributed by atoms with E-state index in [4.69, 9.17) is 19.0 Å². The Morgan fingerprint density at radius 1 is 1.00 bits per heavy atom. The zero-order valence-electron chi connectivity index (χ0n) is 25.0. The molecule has 1 unspecified atom stereocenters. The van der Waals surface area contributed by atoms with Crippen LogP contribution in [-0.2, 0) is 18.8 Å². The van der Waals surface area contributed by atoms with Crippen molar-refractivity contribution in [2.45, 2.75) is 51.0 Å². The van der Waals surface area contributed by atoms with Crippen LogP contribution in [0.15, 0.2) is 84.9 Å². The molecule has 2 aliphatic heterocycles. The fraction of sp³-hybridized carbons (Fsp3) is 0.303. The number of carbonyl (C=O) groups excluding carboxylic acids is 2. The SMILES string of the molecule is COC(=O)N[C@@H](C(=O)N1CC=CC1c1nc2ccc(-c3ccc(B4OC(C)(C)C(C)(C)O4)cc3)cc2[nH]1)c1ccccc1. The number of rotatable bonds is 6. The lowest BCUT2D eigenvalue weighted by molar-refractivity contribution is -0.134. The number of imidazole rings is 1. The molecular weight excluding hydrogens is 543 g/mol. The summed E-state index contributed by atoms with van der Waals surface area (Å²) in [6, 6.07) is 22.1. The van der Waals surface area contributed by atoms with Gasteiger partial charge in [0.15, 0.2) is 0 Å². The summed E-state index contributed by atoms with van der Waals surface area (Å²) in [5, 5.41) is 2.69. The van der Waals surface area contributed by atoms with Gasteiger partial charge in [-0.3, -0.25) is 4.79 Å². The van der Waals surface area contributed by atoms with E-state index in [1.54, 1.807) is 4.90 Å². The summed E-state index contributed by atoms with van der Waals surface area (Å²) < 4.78 is 17.2. The molecule has 0 radical (unpaired) electrons. The van der Waals surface area contributed by atoms with E-state index < -0.39 is 36.5 Å². The molecule has 1 saturated heterocycles. The van der Waals surface area contributed by atoms with Crippen molar-refractivity contribution in [1.82, 2.24) is 20.2 Å². The molecule has 0 saturated carbocycles. The number of hydrogen-bond acceptors (Lipinski definition) is 6. The number of benzene rings is 3. The summed E-state index contributed by atoms with van der Waals surface area (Å²) in [7, 11) is 0.866. The fourth-order valence-electron chi connectivity index (χ4n) is 5.42. The molecule has 0 bridgehead atoms. The first-order chi connectivity index (χ1) is 20.6. The average molecular weight is 578 g/mol. The molecule has 220 valence electrons. The Morgan fingerprint density at radius 3 is 2.35 bits per heavy atom. The molecule has 0 spiro atoms. The van der Waals surface area contributed by atoms with E-state index in [9.17, 15) is 9.59 Å². The number of aromatic amines is 1. The zero-order valence-corrected chi connectivity index (χ0v) is 25.0. The first-order valence-electron chi connectivity index (χ1n) is 14.4. The minimum Gasteiger partial charge on any atom is -0.453 e. The van der Waals surface area contributed by atoms with Crippen LogP contribution in [0, 0.1) is 0 Å². The Labute approximate surface area is 251 Å². The van der Waals surface area contributed by atoms with Crippen LogP contribution in [0.5, 0.6) is 0 Å². The number of carbonyl (C=O) groups is 2. The van der Waals surface area contributed by atoms with Crippen LogP contribution in [-0.4, -0.2) is 58.8 Å². The van der Waals surface area contributed by atoms with Crippen molar-refractivity contribution >= 4 is 35.6 Å². The molecular formula is C33H35BN4O5.